The number of carbonyl (C=O) groups excluding carboxylic acids is 2. The molecule has 0 bridgehead atoms. The summed E-state index contributed by atoms with van der Waals surface area (Å²) in [5.74, 6) is -1.46. The molecule has 0 saturated carbocycles. The molecule has 0 aliphatic carbocycles. The van der Waals surface area contributed by atoms with E-state index in [1.807, 2.05) is 0 Å². The predicted octanol–water partition coefficient (Wildman–Crippen LogP) is 4.98. The summed E-state index contributed by atoms with van der Waals surface area (Å²) < 4.78 is 15.4. The fourth-order valence-corrected chi connectivity index (χ4v) is 3.41. The van der Waals surface area contributed by atoms with Crippen molar-refractivity contribution < 1.29 is 23.9 Å². The topological polar surface area (TPSA) is 113 Å². The number of imidazole rings is 1. The van der Waals surface area contributed by atoms with Gasteiger partial charge in [-0.1, -0.05) is 30.3 Å². The molecule has 3 N–H and O–H groups in total. The molecule has 1 aromatic heterocycles. The SMILES string of the molecule is O=C(O)Nc1ccc(-c2cccc(F)c2)cc1NC(=O)CC(=O)c1cccc(-n2ccnc2)c1. The molecular weight excluding hydrogens is 439 g/mol. The molecule has 3 aromatic carbocycles. The van der Waals surface area contributed by atoms with Crippen LogP contribution in [0, 0.1) is 5.82 Å². The Morgan fingerprint density at radius 2 is 1.71 bits per heavy atom. The van der Waals surface area contributed by atoms with Crippen LogP contribution in [-0.2, 0) is 4.79 Å². The van der Waals surface area contributed by atoms with Crippen molar-refractivity contribution in [2.45, 2.75) is 6.42 Å². The quantitative estimate of drug-likeness (QED) is 0.267. The molecule has 0 spiro atoms. The summed E-state index contributed by atoms with van der Waals surface area (Å²) in [5, 5.41) is 13.9. The normalized spacial score (nSPS) is 10.5. The van der Waals surface area contributed by atoms with Crippen molar-refractivity contribution in [2.24, 2.45) is 0 Å². The summed E-state index contributed by atoms with van der Waals surface area (Å²) in [6.07, 6.45) is 3.17. The molecule has 34 heavy (non-hydrogen) atoms. The Morgan fingerprint density at radius 3 is 2.44 bits per heavy atom. The number of nitrogens with one attached hydrogen (secondary N) is 2. The molecule has 0 fully saturated rings. The van der Waals surface area contributed by atoms with Crippen LogP contribution in [0.2, 0.25) is 0 Å². The Kier molecular flexibility index (Phi) is 6.45. The molecule has 0 aliphatic rings. The van der Waals surface area contributed by atoms with E-state index < -0.39 is 30.0 Å². The fourth-order valence-electron chi connectivity index (χ4n) is 3.41. The number of amides is 2. The van der Waals surface area contributed by atoms with E-state index in [0.717, 1.165) is 5.69 Å². The number of Topliss-reactive ketones (excluding diaryl/α,β-unsaturated/α-hetero) is 1. The number of anilines is 2. The maximum Gasteiger partial charge on any atom is 0.409 e. The number of rotatable bonds is 7. The van der Waals surface area contributed by atoms with Gasteiger partial charge < -0.3 is 15.0 Å². The summed E-state index contributed by atoms with van der Waals surface area (Å²) >= 11 is 0. The zero-order chi connectivity index (χ0) is 24.1. The smallest absolute Gasteiger partial charge is 0.409 e. The van der Waals surface area contributed by atoms with Gasteiger partial charge in [-0.25, -0.2) is 14.2 Å². The van der Waals surface area contributed by atoms with E-state index in [0.29, 0.717) is 16.7 Å². The molecule has 2 amide bonds. The molecule has 1 heterocycles. The minimum atomic E-state index is -1.32. The van der Waals surface area contributed by atoms with Crippen molar-refractivity contribution in [2.75, 3.05) is 10.6 Å². The molecule has 170 valence electrons. The zero-order valence-electron chi connectivity index (χ0n) is 17.7. The summed E-state index contributed by atoms with van der Waals surface area (Å²) in [6.45, 7) is 0. The highest BCUT2D eigenvalue weighted by atomic mass is 19.1. The van der Waals surface area contributed by atoms with Crippen molar-refractivity contribution in [1.82, 2.24) is 9.55 Å². The number of aromatic nitrogens is 2. The number of hydrogen-bond acceptors (Lipinski definition) is 4. The summed E-state index contributed by atoms with van der Waals surface area (Å²) in [6, 6.07) is 17.2. The van der Waals surface area contributed by atoms with Crippen molar-refractivity contribution in [3.63, 3.8) is 0 Å². The average Bonchev–Trinajstić information content (AvgIpc) is 3.35. The van der Waals surface area contributed by atoms with E-state index >= 15 is 0 Å². The molecule has 0 saturated heterocycles. The molecule has 4 rings (SSSR count). The highest BCUT2D eigenvalue weighted by Gasteiger charge is 2.16. The van der Waals surface area contributed by atoms with Crippen LogP contribution in [0.5, 0.6) is 0 Å². The highest BCUT2D eigenvalue weighted by molar-refractivity contribution is 6.12. The number of benzene rings is 3. The van der Waals surface area contributed by atoms with Gasteiger partial charge in [-0.15, -0.1) is 0 Å². The summed E-state index contributed by atoms with van der Waals surface area (Å²) in [5.41, 5.74) is 2.44. The van der Waals surface area contributed by atoms with E-state index in [9.17, 15) is 18.8 Å². The molecule has 0 unspecified atom stereocenters. The number of ketones is 1. The number of carbonyl (C=O) groups is 3. The molecule has 0 aliphatic heterocycles. The Morgan fingerprint density at radius 1 is 0.912 bits per heavy atom. The lowest BCUT2D eigenvalue weighted by Gasteiger charge is -2.13. The van der Waals surface area contributed by atoms with E-state index in [1.54, 1.807) is 65.8 Å². The lowest BCUT2D eigenvalue weighted by molar-refractivity contribution is -0.115. The van der Waals surface area contributed by atoms with Crippen molar-refractivity contribution in [3.05, 3.63) is 96.8 Å². The van der Waals surface area contributed by atoms with E-state index in [1.165, 1.54) is 24.3 Å². The Bertz CT molecular complexity index is 1370. The van der Waals surface area contributed by atoms with Crippen LogP contribution in [0.3, 0.4) is 0 Å². The fraction of sp³-hybridized carbons (Fsp3) is 0.0400. The maximum atomic E-state index is 13.6. The zero-order valence-corrected chi connectivity index (χ0v) is 17.7. The Balaban J connectivity index is 1.54. The molecule has 8 nitrogen and oxygen atoms in total. The minimum absolute atomic E-state index is 0.121. The van der Waals surface area contributed by atoms with Gasteiger partial charge in [0.1, 0.15) is 5.82 Å². The van der Waals surface area contributed by atoms with Gasteiger partial charge in [0.05, 0.1) is 24.1 Å². The number of hydrogen-bond donors (Lipinski definition) is 3. The van der Waals surface area contributed by atoms with Gasteiger partial charge in [0.25, 0.3) is 0 Å². The van der Waals surface area contributed by atoms with Crippen LogP contribution in [0.1, 0.15) is 16.8 Å². The lowest BCUT2D eigenvalue weighted by Crippen LogP contribution is -2.18. The lowest BCUT2D eigenvalue weighted by atomic mass is 10.0. The maximum absolute atomic E-state index is 13.6. The first-order chi connectivity index (χ1) is 16.4. The second kappa shape index (κ2) is 9.78. The van der Waals surface area contributed by atoms with Gasteiger partial charge in [0.2, 0.25) is 5.91 Å². The van der Waals surface area contributed by atoms with Crippen LogP contribution in [-0.4, -0.2) is 32.4 Å². The van der Waals surface area contributed by atoms with Gasteiger partial charge >= 0.3 is 6.09 Å². The summed E-state index contributed by atoms with van der Waals surface area (Å²) in [7, 11) is 0. The molecular formula is C25H19FN4O4. The molecule has 0 radical (unpaired) electrons. The van der Waals surface area contributed by atoms with E-state index in [-0.39, 0.29) is 11.4 Å². The standard InChI is InChI=1S/C25H19FN4O4/c26-19-5-1-3-16(11-19)17-7-8-21(29-25(33)34)22(13-17)28-24(32)14-23(31)18-4-2-6-20(12-18)30-10-9-27-15-30/h1-13,15,29H,14H2,(H,28,32)(H,33,34). The molecule has 0 atom stereocenters. The third-order valence-electron chi connectivity index (χ3n) is 4.98. The van der Waals surface area contributed by atoms with Crippen molar-refractivity contribution in [1.29, 1.82) is 0 Å². The monoisotopic (exact) mass is 458 g/mol. The first-order valence-corrected chi connectivity index (χ1v) is 10.2. The minimum Gasteiger partial charge on any atom is -0.465 e. The highest BCUT2D eigenvalue weighted by Crippen LogP contribution is 2.30. The van der Waals surface area contributed by atoms with Crippen LogP contribution < -0.4 is 10.6 Å². The van der Waals surface area contributed by atoms with E-state index in [2.05, 4.69) is 15.6 Å². The van der Waals surface area contributed by atoms with Crippen molar-refractivity contribution >= 4 is 29.2 Å². The van der Waals surface area contributed by atoms with Crippen LogP contribution in [0.25, 0.3) is 16.8 Å². The Labute approximate surface area is 193 Å². The first kappa shape index (κ1) is 22.4. The predicted molar refractivity (Wildman–Crippen MR) is 125 cm³/mol. The van der Waals surface area contributed by atoms with Crippen LogP contribution >= 0.6 is 0 Å². The number of halogens is 1. The molecule has 9 heteroatoms. The third-order valence-corrected chi connectivity index (χ3v) is 4.98. The third kappa shape index (κ3) is 5.33. The summed E-state index contributed by atoms with van der Waals surface area (Å²) in [4.78, 5) is 40.5. The van der Waals surface area contributed by atoms with Gasteiger partial charge in [0.15, 0.2) is 5.78 Å². The van der Waals surface area contributed by atoms with Crippen LogP contribution in [0.4, 0.5) is 20.6 Å². The van der Waals surface area contributed by atoms with Gasteiger partial charge in [-0.05, 0) is 47.5 Å². The number of carboxylic acid groups (broad SMARTS) is 1. The van der Waals surface area contributed by atoms with E-state index in [4.69, 9.17) is 5.11 Å². The Hall–Kier alpha value is -4.79. The average molecular weight is 458 g/mol. The second-order valence-electron chi connectivity index (χ2n) is 7.37. The van der Waals surface area contributed by atoms with Gasteiger partial charge in [-0.3, -0.25) is 14.9 Å². The second-order valence-corrected chi connectivity index (χ2v) is 7.37. The van der Waals surface area contributed by atoms with Crippen molar-refractivity contribution in [3.8, 4) is 16.8 Å². The van der Waals surface area contributed by atoms with Gasteiger partial charge in [0, 0.05) is 23.6 Å². The largest absolute Gasteiger partial charge is 0.465 e. The molecule has 4 aromatic rings. The van der Waals surface area contributed by atoms with Crippen LogP contribution in [0.15, 0.2) is 85.5 Å². The van der Waals surface area contributed by atoms with Gasteiger partial charge in [-0.2, -0.15) is 0 Å². The first-order valence-electron chi connectivity index (χ1n) is 10.2. The number of nitrogens with zero attached hydrogens (tertiary/aromatic N) is 2.